The van der Waals surface area contributed by atoms with Crippen LogP contribution in [0.1, 0.15) is 13.3 Å². The summed E-state index contributed by atoms with van der Waals surface area (Å²) in [6, 6.07) is 0. The third-order valence-electron chi connectivity index (χ3n) is 1.10. The van der Waals surface area contributed by atoms with Crippen LogP contribution in [0.3, 0.4) is 0 Å². The van der Waals surface area contributed by atoms with E-state index >= 15 is 0 Å². The van der Waals surface area contributed by atoms with Crippen LogP contribution in [-0.2, 0) is 23.7 Å². The average Bonchev–Trinajstić information content (AvgIpc) is 2.08. The zero-order chi connectivity index (χ0) is 11.9. The molecule has 88 valence electrons. The van der Waals surface area contributed by atoms with Crippen molar-refractivity contribution in [1.82, 2.24) is 0 Å². The van der Waals surface area contributed by atoms with Crippen LogP contribution in [-0.4, -0.2) is 19.2 Å². The van der Waals surface area contributed by atoms with E-state index in [1.165, 1.54) is 6.92 Å². The van der Waals surface area contributed by atoms with E-state index < -0.39 is 13.8 Å². The molecule has 0 aliphatic carbocycles. The van der Waals surface area contributed by atoms with Crippen LogP contribution in [0.4, 0.5) is 0 Å². The van der Waals surface area contributed by atoms with Gasteiger partial charge in [0.05, 0.1) is 13.2 Å². The van der Waals surface area contributed by atoms with Crippen LogP contribution in [0.5, 0.6) is 0 Å². The SMILES string of the molecule is C=C(C)C(=O)OCCCOOP(=O)([O-])[O-].[Na+].[Na+]. The molecule has 0 radical (unpaired) electrons. The summed E-state index contributed by atoms with van der Waals surface area (Å²) in [5, 5.41) is 0. The van der Waals surface area contributed by atoms with E-state index in [2.05, 4.69) is 20.9 Å². The van der Waals surface area contributed by atoms with Gasteiger partial charge in [-0.25, -0.2) is 14.4 Å². The Bertz CT molecular complexity index is 277. The normalized spacial score (nSPS) is 9.82. The quantitative estimate of drug-likeness (QED) is 0.0869. The molecule has 0 aromatic heterocycles. The van der Waals surface area contributed by atoms with Gasteiger partial charge in [0.15, 0.2) is 0 Å². The zero-order valence-electron chi connectivity index (χ0n) is 10.1. The molecule has 0 fully saturated rings. The Morgan fingerprint density at radius 2 is 1.82 bits per heavy atom. The van der Waals surface area contributed by atoms with Gasteiger partial charge in [-0.3, -0.25) is 0 Å². The molecule has 0 aromatic carbocycles. The van der Waals surface area contributed by atoms with Crippen molar-refractivity contribution < 1.29 is 92.6 Å². The summed E-state index contributed by atoms with van der Waals surface area (Å²) >= 11 is 0. The van der Waals surface area contributed by atoms with Gasteiger partial charge in [-0.2, -0.15) is 0 Å². The molecule has 0 heterocycles. The smallest absolute Gasteiger partial charge is 0.788 e. The van der Waals surface area contributed by atoms with Crippen molar-refractivity contribution >= 4 is 13.8 Å². The minimum Gasteiger partial charge on any atom is -0.788 e. The molecule has 0 bridgehead atoms. The molecule has 7 nitrogen and oxygen atoms in total. The van der Waals surface area contributed by atoms with Crippen LogP contribution in [0.2, 0.25) is 0 Å². The van der Waals surface area contributed by atoms with Crippen molar-refractivity contribution in [3.05, 3.63) is 12.2 Å². The van der Waals surface area contributed by atoms with Crippen LogP contribution in [0.15, 0.2) is 12.2 Å². The molecule has 0 saturated carbocycles. The molecule has 0 saturated heterocycles. The number of hydrogen-bond acceptors (Lipinski definition) is 7. The largest absolute Gasteiger partial charge is 1.00 e. The summed E-state index contributed by atoms with van der Waals surface area (Å²) in [7, 11) is -5.09. The summed E-state index contributed by atoms with van der Waals surface area (Å²) in [5.41, 5.74) is 0.260. The molecule has 0 unspecified atom stereocenters. The monoisotopic (exact) mass is 284 g/mol. The Labute approximate surface area is 144 Å². The van der Waals surface area contributed by atoms with Crippen molar-refractivity contribution in [3.63, 3.8) is 0 Å². The number of carbonyl (C=O) groups is 1. The first-order valence-corrected chi connectivity index (χ1v) is 5.45. The fourth-order valence-corrected chi connectivity index (χ4v) is 0.711. The molecular formula is C7H11Na2O7P. The first-order chi connectivity index (χ1) is 6.83. The van der Waals surface area contributed by atoms with E-state index in [4.69, 9.17) is 0 Å². The average molecular weight is 284 g/mol. The molecule has 10 heteroatoms. The third-order valence-corrected chi connectivity index (χ3v) is 1.39. The van der Waals surface area contributed by atoms with Gasteiger partial charge in [-0.05, 0) is 6.92 Å². The fraction of sp³-hybridized carbons (Fsp3) is 0.571. The summed E-state index contributed by atoms with van der Waals surface area (Å²) in [5.74, 6) is -0.547. The third kappa shape index (κ3) is 17.3. The molecule has 0 rings (SSSR count). The van der Waals surface area contributed by atoms with Crippen molar-refractivity contribution in [2.24, 2.45) is 0 Å². The summed E-state index contributed by atoms with van der Waals surface area (Å²) in [6.45, 7) is 4.70. The van der Waals surface area contributed by atoms with E-state index in [-0.39, 0.29) is 84.3 Å². The maximum Gasteiger partial charge on any atom is 1.00 e. The van der Waals surface area contributed by atoms with Crippen LogP contribution < -0.4 is 68.9 Å². The molecule has 17 heavy (non-hydrogen) atoms. The van der Waals surface area contributed by atoms with Gasteiger partial charge in [0, 0.05) is 12.0 Å². The number of carbonyl (C=O) groups excluding carboxylic acids is 1. The second kappa shape index (κ2) is 12.3. The van der Waals surface area contributed by atoms with E-state index in [0.717, 1.165) is 0 Å². The summed E-state index contributed by atoms with van der Waals surface area (Å²) in [6.07, 6.45) is 0.207. The molecule has 0 atom stereocenters. The Hall–Kier alpha value is 1.28. The van der Waals surface area contributed by atoms with Gasteiger partial charge in [-0.15, -0.1) is 0 Å². The Kier molecular flexibility index (Phi) is 16.9. The molecule has 0 aliphatic heterocycles. The molecule has 0 amide bonds. The van der Waals surface area contributed by atoms with Gasteiger partial charge in [0.2, 0.25) is 0 Å². The molecule has 0 aliphatic rings. The number of hydrogen-bond donors (Lipinski definition) is 0. The Morgan fingerprint density at radius 1 is 1.29 bits per heavy atom. The maximum atomic E-state index is 10.8. The molecular weight excluding hydrogens is 273 g/mol. The van der Waals surface area contributed by atoms with Gasteiger partial charge < -0.3 is 19.1 Å². The second-order valence-corrected chi connectivity index (χ2v) is 3.66. The fourth-order valence-electron chi connectivity index (χ4n) is 0.508. The Morgan fingerprint density at radius 3 is 2.24 bits per heavy atom. The number of ether oxygens (including phenoxy) is 1. The first kappa shape index (κ1) is 23.4. The first-order valence-electron chi connectivity index (χ1n) is 3.99. The van der Waals surface area contributed by atoms with Gasteiger partial charge >= 0.3 is 65.1 Å². The molecule has 0 N–H and O–H groups in total. The van der Waals surface area contributed by atoms with Gasteiger partial charge in [-0.1, -0.05) is 6.58 Å². The van der Waals surface area contributed by atoms with Gasteiger partial charge in [0.25, 0.3) is 0 Å². The van der Waals surface area contributed by atoms with Crippen molar-refractivity contribution in [2.45, 2.75) is 13.3 Å². The number of rotatable bonds is 7. The second-order valence-electron chi connectivity index (χ2n) is 2.61. The van der Waals surface area contributed by atoms with Crippen LogP contribution in [0.25, 0.3) is 0 Å². The predicted molar refractivity (Wildman–Crippen MR) is 45.0 cm³/mol. The van der Waals surface area contributed by atoms with Crippen molar-refractivity contribution in [1.29, 1.82) is 0 Å². The molecule has 0 spiro atoms. The van der Waals surface area contributed by atoms with Crippen molar-refractivity contribution in [3.8, 4) is 0 Å². The van der Waals surface area contributed by atoms with E-state index in [1.54, 1.807) is 0 Å². The summed E-state index contributed by atoms with van der Waals surface area (Å²) < 4.78 is 18.0. The maximum absolute atomic E-state index is 10.8. The van der Waals surface area contributed by atoms with Crippen LogP contribution >= 0.6 is 7.82 Å². The number of esters is 1. The van der Waals surface area contributed by atoms with E-state index in [0.29, 0.717) is 0 Å². The minimum atomic E-state index is -5.09. The molecule has 0 aromatic rings. The number of phosphoric acid groups is 1. The van der Waals surface area contributed by atoms with E-state index in [9.17, 15) is 19.1 Å². The topological polar surface area (TPSA) is 108 Å². The zero-order valence-corrected chi connectivity index (χ0v) is 15.0. The van der Waals surface area contributed by atoms with Crippen molar-refractivity contribution in [2.75, 3.05) is 13.2 Å². The van der Waals surface area contributed by atoms with Gasteiger partial charge in [0.1, 0.15) is 7.82 Å². The van der Waals surface area contributed by atoms with Crippen LogP contribution in [0, 0.1) is 0 Å². The van der Waals surface area contributed by atoms with E-state index in [1.807, 2.05) is 0 Å². The predicted octanol–water partition coefficient (Wildman–Crippen LogP) is -6.72. The Balaban J connectivity index is -0.000000980. The minimum absolute atomic E-state index is 0. The summed E-state index contributed by atoms with van der Waals surface area (Å²) in [4.78, 5) is 34.6. The standard InChI is InChI=1S/C7H13O7P.2Na/c1-6(2)7(8)12-4-3-5-13-14-15(9,10)11;;/h1,3-5H2,2H3,(H2,9,10,11);;/q;2*+1/p-2.